The lowest BCUT2D eigenvalue weighted by Crippen LogP contribution is -2.21. The van der Waals surface area contributed by atoms with Crippen LogP contribution in [0.4, 0.5) is 11.4 Å². The number of ketones is 1. The maximum absolute atomic E-state index is 12.3. The van der Waals surface area contributed by atoms with Crippen molar-refractivity contribution < 1.29 is 14.6 Å². The van der Waals surface area contributed by atoms with E-state index in [1.165, 1.54) is 0 Å². The molecule has 28 heavy (non-hydrogen) atoms. The van der Waals surface area contributed by atoms with Gasteiger partial charge in [0.15, 0.2) is 0 Å². The zero-order valence-corrected chi connectivity index (χ0v) is 17.7. The van der Waals surface area contributed by atoms with Crippen LogP contribution in [0.25, 0.3) is 0 Å². The molecule has 7 heteroatoms. The zero-order chi connectivity index (χ0) is 20.7. The molecule has 1 aliphatic rings. The molecule has 1 aliphatic carbocycles. The van der Waals surface area contributed by atoms with Gasteiger partial charge >= 0.3 is 0 Å². The van der Waals surface area contributed by atoms with Gasteiger partial charge in [0.1, 0.15) is 5.70 Å². The highest BCUT2D eigenvalue weighted by atomic mass is 35.5. The Morgan fingerprint density at radius 1 is 1.18 bits per heavy atom. The highest BCUT2D eigenvalue weighted by Crippen LogP contribution is 2.29. The van der Waals surface area contributed by atoms with Crippen LogP contribution in [0, 0.1) is 6.92 Å². The Balaban J connectivity index is 2.38. The second-order valence-corrected chi connectivity index (χ2v) is 6.55. The van der Waals surface area contributed by atoms with Gasteiger partial charge in [-0.25, -0.2) is 9.98 Å². The maximum atomic E-state index is 12.3. The summed E-state index contributed by atoms with van der Waals surface area (Å²) in [6.45, 7) is 12.1. The van der Waals surface area contributed by atoms with E-state index in [2.05, 4.69) is 29.8 Å². The lowest BCUT2D eigenvalue weighted by atomic mass is 10.0. The van der Waals surface area contributed by atoms with Crippen molar-refractivity contribution in [3.05, 3.63) is 46.1 Å². The summed E-state index contributed by atoms with van der Waals surface area (Å²) in [5.74, 6) is -0.372. The topological polar surface area (TPSA) is 63.5 Å². The molecule has 0 amide bonds. The molecule has 0 saturated carbocycles. The summed E-state index contributed by atoms with van der Waals surface area (Å²) in [5.41, 5.74) is 4.36. The average molecular weight is 404 g/mol. The van der Waals surface area contributed by atoms with Crippen LogP contribution in [0.3, 0.4) is 0 Å². The van der Waals surface area contributed by atoms with E-state index in [1.54, 1.807) is 19.9 Å². The molecular formula is C21H26ClN3O3. The SMILES string of the molecule is CCOO/C=N/C1=CC(=Nc2ccc(N(CC)CC)cc2C)C(C)=C(Cl)C1=O. The summed E-state index contributed by atoms with van der Waals surface area (Å²) in [6.07, 6.45) is 2.67. The molecule has 1 aromatic rings. The van der Waals surface area contributed by atoms with E-state index in [9.17, 15) is 4.79 Å². The van der Waals surface area contributed by atoms with E-state index in [4.69, 9.17) is 26.4 Å². The van der Waals surface area contributed by atoms with Gasteiger partial charge in [-0.05, 0) is 70.0 Å². The number of anilines is 1. The van der Waals surface area contributed by atoms with Gasteiger partial charge in [0.05, 0.1) is 23.0 Å². The first kappa shape index (κ1) is 21.9. The minimum atomic E-state index is -0.372. The Morgan fingerprint density at radius 3 is 2.50 bits per heavy atom. The predicted octanol–water partition coefficient (Wildman–Crippen LogP) is 4.89. The third-order valence-corrected chi connectivity index (χ3v) is 4.84. The van der Waals surface area contributed by atoms with Crippen LogP contribution >= 0.6 is 11.6 Å². The van der Waals surface area contributed by atoms with Gasteiger partial charge in [0.25, 0.3) is 0 Å². The van der Waals surface area contributed by atoms with Crippen LogP contribution in [-0.2, 0) is 14.6 Å². The number of carbonyl (C=O) groups excluding carboxylic acids is 1. The van der Waals surface area contributed by atoms with Crippen LogP contribution in [-0.4, -0.2) is 37.6 Å². The van der Waals surface area contributed by atoms with Gasteiger partial charge in [-0.1, -0.05) is 11.6 Å². The number of nitrogens with zero attached hydrogens (tertiary/aromatic N) is 3. The molecule has 6 nitrogen and oxygen atoms in total. The summed E-state index contributed by atoms with van der Waals surface area (Å²) >= 11 is 6.21. The molecule has 0 heterocycles. The van der Waals surface area contributed by atoms with Crippen LogP contribution in [0.5, 0.6) is 0 Å². The molecule has 0 aromatic heterocycles. The summed E-state index contributed by atoms with van der Waals surface area (Å²) < 4.78 is 0. The molecular weight excluding hydrogens is 378 g/mol. The number of carbonyl (C=O) groups is 1. The van der Waals surface area contributed by atoms with Crippen molar-refractivity contribution in [1.82, 2.24) is 0 Å². The summed E-state index contributed by atoms with van der Waals surface area (Å²) in [7, 11) is 0. The third-order valence-electron chi connectivity index (χ3n) is 4.39. The smallest absolute Gasteiger partial charge is 0.223 e. The molecule has 0 atom stereocenters. The summed E-state index contributed by atoms with van der Waals surface area (Å²) in [5, 5.41) is 0.0993. The first-order chi connectivity index (χ1) is 13.4. The number of allylic oxidation sites excluding steroid dienone is 3. The number of aryl methyl sites for hydroxylation is 1. The highest BCUT2D eigenvalue weighted by molar-refractivity contribution is 6.49. The lowest BCUT2D eigenvalue weighted by Gasteiger charge is -2.22. The fourth-order valence-corrected chi connectivity index (χ4v) is 2.96. The van der Waals surface area contributed by atoms with E-state index in [0.29, 0.717) is 17.9 Å². The molecule has 0 fully saturated rings. The van der Waals surface area contributed by atoms with Gasteiger partial charge < -0.3 is 9.79 Å². The van der Waals surface area contributed by atoms with E-state index in [1.807, 2.05) is 19.1 Å². The van der Waals surface area contributed by atoms with Crippen molar-refractivity contribution in [3.8, 4) is 0 Å². The molecule has 0 bridgehead atoms. The van der Waals surface area contributed by atoms with Crippen molar-refractivity contribution in [1.29, 1.82) is 0 Å². The van der Waals surface area contributed by atoms with Crippen molar-refractivity contribution >= 4 is 40.9 Å². The standard InChI is InChI=1S/C21H26ClN3O3/c1-6-25(7-2)16-9-10-17(14(4)11-16)24-18-12-19(23-13-28-27-8-3)21(26)20(22)15(18)5/h9-13H,6-8H2,1-5H3/b23-13+,24-18?. The Hall–Kier alpha value is -2.44. The molecule has 0 spiro atoms. The zero-order valence-electron chi connectivity index (χ0n) is 17.0. The Kier molecular flexibility index (Phi) is 7.96. The lowest BCUT2D eigenvalue weighted by molar-refractivity contribution is -0.211. The molecule has 0 aliphatic heterocycles. The van der Waals surface area contributed by atoms with Crippen molar-refractivity contribution in [2.75, 3.05) is 24.6 Å². The molecule has 2 rings (SSSR count). The normalized spacial score (nSPS) is 16.1. The summed E-state index contributed by atoms with van der Waals surface area (Å²) in [4.78, 5) is 32.8. The van der Waals surface area contributed by atoms with E-state index in [-0.39, 0.29) is 16.5 Å². The number of rotatable bonds is 8. The molecule has 0 saturated heterocycles. The average Bonchev–Trinajstić information content (AvgIpc) is 2.69. The Bertz CT molecular complexity index is 852. The monoisotopic (exact) mass is 403 g/mol. The van der Waals surface area contributed by atoms with E-state index in [0.717, 1.165) is 36.4 Å². The van der Waals surface area contributed by atoms with Crippen LogP contribution < -0.4 is 4.90 Å². The first-order valence-electron chi connectivity index (χ1n) is 9.31. The predicted molar refractivity (Wildman–Crippen MR) is 115 cm³/mol. The van der Waals surface area contributed by atoms with Crippen LogP contribution in [0.2, 0.25) is 0 Å². The van der Waals surface area contributed by atoms with Crippen LogP contribution in [0.1, 0.15) is 33.3 Å². The maximum Gasteiger partial charge on any atom is 0.223 e. The quantitative estimate of drug-likeness (QED) is 0.155. The minimum Gasteiger partial charge on any atom is -0.372 e. The van der Waals surface area contributed by atoms with Gasteiger partial charge in [-0.2, -0.15) is 4.89 Å². The summed E-state index contributed by atoms with van der Waals surface area (Å²) in [6, 6.07) is 6.13. The van der Waals surface area contributed by atoms with Crippen molar-refractivity contribution in [3.63, 3.8) is 0 Å². The number of aliphatic imine (C=N–C) groups is 2. The number of hydrogen-bond donors (Lipinski definition) is 0. The number of halogens is 1. The van der Waals surface area contributed by atoms with Gasteiger partial charge in [0.2, 0.25) is 12.2 Å². The molecule has 0 radical (unpaired) electrons. The Morgan fingerprint density at radius 2 is 1.89 bits per heavy atom. The Labute approximate surface area is 171 Å². The number of Topliss-reactive ketones (excluding diaryl/α,β-unsaturated/α-hetero) is 1. The fourth-order valence-electron chi connectivity index (χ4n) is 2.77. The number of hydrogen-bond acceptors (Lipinski definition) is 6. The second kappa shape index (κ2) is 10.2. The van der Waals surface area contributed by atoms with Crippen molar-refractivity contribution in [2.24, 2.45) is 9.98 Å². The molecule has 150 valence electrons. The molecule has 1 aromatic carbocycles. The molecule has 0 N–H and O–H groups in total. The van der Waals surface area contributed by atoms with Gasteiger partial charge in [-0.3, -0.25) is 4.79 Å². The first-order valence-corrected chi connectivity index (χ1v) is 9.68. The third kappa shape index (κ3) is 5.09. The van der Waals surface area contributed by atoms with Crippen molar-refractivity contribution in [2.45, 2.75) is 34.6 Å². The van der Waals surface area contributed by atoms with Crippen LogP contribution in [0.15, 0.2) is 50.6 Å². The van der Waals surface area contributed by atoms with Gasteiger partial charge in [-0.15, -0.1) is 0 Å². The fraction of sp³-hybridized carbons (Fsp3) is 0.381. The number of benzene rings is 1. The van der Waals surface area contributed by atoms with Gasteiger partial charge in [0, 0.05) is 18.8 Å². The minimum absolute atomic E-state index is 0.0993. The highest BCUT2D eigenvalue weighted by Gasteiger charge is 2.23. The molecule has 0 unspecified atom stereocenters. The van der Waals surface area contributed by atoms with E-state index < -0.39 is 0 Å². The van der Waals surface area contributed by atoms with E-state index >= 15 is 0 Å². The largest absolute Gasteiger partial charge is 0.372 e. The second-order valence-electron chi connectivity index (χ2n) is 6.18.